The maximum Gasteiger partial charge on any atom is 0.0483 e. The van der Waals surface area contributed by atoms with E-state index in [9.17, 15) is 0 Å². The van der Waals surface area contributed by atoms with E-state index >= 15 is 0 Å². The maximum atomic E-state index is 3.58. The van der Waals surface area contributed by atoms with Gasteiger partial charge in [0.25, 0.3) is 0 Å². The Morgan fingerprint density at radius 3 is 2.54 bits per heavy atom. The zero-order valence-corrected chi connectivity index (χ0v) is 9.56. The van der Waals surface area contributed by atoms with Crippen molar-refractivity contribution < 1.29 is 0 Å². The van der Waals surface area contributed by atoms with Crippen molar-refractivity contribution in [2.75, 3.05) is 19.8 Å². The molecule has 1 fully saturated rings. The van der Waals surface area contributed by atoms with Gasteiger partial charge in [-0.3, -0.25) is 10.2 Å². The second-order valence-electron chi connectivity index (χ2n) is 5.21. The van der Waals surface area contributed by atoms with Crippen LogP contribution in [-0.4, -0.2) is 30.7 Å². The highest BCUT2D eigenvalue weighted by Gasteiger charge is 2.30. The van der Waals surface area contributed by atoms with E-state index in [1.165, 1.54) is 25.9 Å². The molecule has 0 spiro atoms. The van der Waals surface area contributed by atoms with Crippen LogP contribution in [0.1, 0.15) is 40.5 Å². The van der Waals surface area contributed by atoms with Crippen molar-refractivity contribution in [1.29, 1.82) is 0 Å². The van der Waals surface area contributed by atoms with E-state index in [1.54, 1.807) is 0 Å². The highest BCUT2D eigenvalue weighted by atomic mass is 15.3. The predicted molar refractivity (Wildman–Crippen MR) is 57.7 cm³/mol. The van der Waals surface area contributed by atoms with Gasteiger partial charge < -0.3 is 0 Å². The van der Waals surface area contributed by atoms with Crippen LogP contribution in [0.4, 0.5) is 0 Å². The number of nitrogens with one attached hydrogen (secondary N) is 1. The van der Waals surface area contributed by atoms with Crippen molar-refractivity contribution in [3.05, 3.63) is 0 Å². The minimum atomic E-state index is 0.404. The molecule has 0 aromatic carbocycles. The van der Waals surface area contributed by atoms with Crippen molar-refractivity contribution in [2.45, 2.75) is 46.6 Å². The standard InChI is InChI=1S/C11H24N2/c1-5-6-7-13-8-10(12-9-13)11(2,3)4/h10,12H,5-9H2,1-4H3. The average molecular weight is 184 g/mol. The van der Waals surface area contributed by atoms with E-state index < -0.39 is 0 Å². The summed E-state index contributed by atoms with van der Waals surface area (Å²) in [5, 5.41) is 3.58. The van der Waals surface area contributed by atoms with Gasteiger partial charge in [-0.25, -0.2) is 0 Å². The fraction of sp³-hybridized carbons (Fsp3) is 1.00. The lowest BCUT2D eigenvalue weighted by Gasteiger charge is -2.26. The number of unbranched alkanes of at least 4 members (excludes halogenated alkanes) is 1. The molecule has 0 bridgehead atoms. The van der Waals surface area contributed by atoms with Crippen molar-refractivity contribution in [2.24, 2.45) is 5.41 Å². The van der Waals surface area contributed by atoms with Crippen LogP contribution in [0.25, 0.3) is 0 Å². The molecule has 0 saturated carbocycles. The van der Waals surface area contributed by atoms with E-state index in [0.717, 1.165) is 6.67 Å². The van der Waals surface area contributed by atoms with Crippen molar-refractivity contribution in [3.63, 3.8) is 0 Å². The number of hydrogen-bond donors (Lipinski definition) is 1. The van der Waals surface area contributed by atoms with Gasteiger partial charge in [0.2, 0.25) is 0 Å². The van der Waals surface area contributed by atoms with Gasteiger partial charge in [0, 0.05) is 19.3 Å². The van der Waals surface area contributed by atoms with Crippen LogP contribution in [0.3, 0.4) is 0 Å². The van der Waals surface area contributed by atoms with E-state index in [2.05, 4.69) is 37.9 Å². The minimum Gasteiger partial charge on any atom is -0.300 e. The highest BCUT2D eigenvalue weighted by Crippen LogP contribution is 2.22. The molecule has 1 N–H and O–H groups in total. The van der Waals surface area contributed by atoms with Crippen LogP contribution in [0.5, 0.6) is 0 Å². The normalized spacial score (nSPS) is 25.4. The number of rotatable bonds is 3. The lowest BCUT2D eigenvalue weighted by atomic mass is 9.87. The lowest BCUT2D eigenvalue weighted by Crippen LogP contribution is -2.37. The third-order valence-electron chi connectivity index (χ3n) is 2.88. The topological polar surface area (TPSA) is 15.3 Å². The van der Waals surface area contributed by atoms with Gasteiger partial charge in [-0.15, -0.1) is 0 Å². The Bertz CT molecular complexity index is 149. The largest absolute Gasteiger partial charge is 0.300 e. The summed E-state index contributed by atoms with van der Waals surface area (Å²) in [6.07, 6.45) is 2.63. The molecule has 1 unspecified atom stereocenters. The predicted octanol–water partition coefficient (Wildman–Crippen LogP) is 2.06. The van der Waals surface area contributed by atoms with Crippen molar-refractivity contribution >= 4 is 0 Å². The molecule has 1 aliphatic rings. The monoisotopic (exact) mass is 184 g/mol. The van der Waals surface area contributed by atoms with Crippen LogP contribution < -0.4 is 5.32 Å². The smallest absolute Gasteiger partial charge is 0.0483 e. The third kappa shape index (κ3) is 3.28. The molecule has 1 aliphatic heterocycles. The summed E-state index contributed by atoms with van der Waals surface area (Å²) in [4.78, 5) is 2.53. The van der Waals surface area contributed by atoms with E-state index in [-0.39, 0.29) is 0 Å². The summed E-state index contributed by atoms with van der Waals surface area (Å²) in [6.45, 7) is 12.8. The van der Waals surface area contributed by atoms with Crippen molar-refractivity contribution in [1.82, 2.24) is 10.2 Å². The molecule has 78 valence electrons. The Hall–Kier alpha value is -0.0800. The molecule has 13 heavy (non-hydrogen) atoms. The zero-order chi connectivity index (χ0) is 9.90. The first-order chi connectivity index (χ1) is 6.04. The Labute approximate surface area is 82.7 Å². The zero-order valence-electron chi connectivity index (χ0n) is 9.56. The summed E-state index contributed by atoms with van der Waals surface area (Å²) in [7, 11) is 0. The second kappa shape index (κ2) is 4.43. The Morgan fingerprint density at radius 1 is 1.38 bits per heavy atom. The summed E-state index contributed by atoms with van der Waals surface area (Å²) < 4.78 is 0. The summed E-state index contributed by atoms with van der Waals surface area (Å²) in [5.74, 6) is 0. The highest BCUT2D eigenvalue weighted by molar-refractivity contribution is 4.87. The van der Waals surface area contributed by atoms with Gasteiger partial charge in [0.1, 0.15) is 0 Å². The SMILES string of the molecule is CCCCN1CNC(C(C)(C)C)C1. The molecular formula is C11H24N2. The van der Waals surface area contributed by atoms with Crippen LogP contribution >= 0.6 is 0 Å². The van der Waals surface area contributed by atoms with Crippen LogP contribution in [0.2, 0.25) is 0 Å². The van der Waals surface area contributed by atoms with Gasteiger partial charge in [-0.1, -0.05) is 34.1 Å². The van der Waals surface area contributed by atoms with Crippen LogP contribution in [0.15, 0.2) is 0 Å². The third-order valence-corrected chi connectivity index (χ3v) is 2.88. The Balaban J connectivity index is 2.28. The quantitative estimate of drug-likeness (QED) is 0.722. The molecule has 1 heterocycles. The molecule has 0 aliphatic carbocycles. The molecular weight excluding hydrogens is 160 g/mol. The summed E-state index contributed by atoms with van der Waals surface area (Å²) in [5.41, 5.74) is 0.404. The van der Waals surface area contributed by atoms with E-state index in [0.29, 0.717) is 11.5 Å². The van der Waals surface area contributed by atoms with Crippen LogP contribution in [-0.2, 0) is 0 Å². The fourth-order valence-corrected chi connectivity index (χ4v) is 1.76. The van der Waals surface area contributed by atoms with Gasteiger partial charge in [0.15, 0.2) is 0 Å². The fourth-order valence-electron chi connectivity index (χ4n) is 1.76. The van der Waals surface area contributed by atoms with Crippen molar-refractivity contribution in [3.8, 4) is 0 Å². The van der Waals surface area contributed by atoms with E-state index in [4.69, 9.17) is 0 Å². The first-order valence-electron chi connectivity index (χ1n) is 5.49. The van der Waals surface area contributed by atoms with Crippen LogP contribution in [0, 0.1) is 5.41 Å². The lowest BCUT2D eigenvalue weighted by molar-refractivity contribution is 0.276. The first kappa shape index (κ1) is 11.0. The Morgan fingerprint density at radius 2 is 2.08 bits per heavy atom. The van der Waals surface area contributed by atoms with Gasteiger partial charge in [0.05, 0.1) is 0 Å². The number of hydrogen-bond acceptors (Lipinski definition) is 2. The maximum absolute atomic E-state index is 3.58. The molecule has 2 nitrogen and oxygen atoms in total. The minimum absolute atomic E-state index is 0.404. The molecule has 0 radical (unpaired) electrons. The molecule has 1 atom stereocenters. The second-order valence-corrected chi connectivity index (χ2v) is 5.21. The first-order valence-corrected chi connectivity index (χ1v) is 5.49. The number of nitrogens with zero attached hydrogens (tertiary/aromatic N) is 1. The molecule has 0 amide bonds. The molecule has 0 aromatic rings. The summed E-state index contributed by atoms with van der Waals surface area (Å²) in [6, 6.07) is 0.671. The van der Waals surface area contributed by atoms with Gasteiger partial charge >= 0.3 is 0 Å². The molecule has 0 aromatic heterocycles. The summed E-state index contributed by atoms with van der Waals surface area (Å²) >= 11 is 0. The molecule has 2 heteroatoms. The van der Waals surface area contributed by atoms with Gasteiger partial charge in [-0.2, -0.15) is 0 Å². The van der Waals surface area contributed by atoms with E-state index in [1.807, 2.05) is 0 Å². The molecule has 1 rings (SSSR count). The average Bonchev–Trinajstić information content (AvgIpc) is 2.47. The Kier molecular flexibility index (Phi) is 3.74. The molecule has 1 saturated heterocycles. The van der Waals surface area contributed by atoms with Gasteiger partial charge in [-0.05, 0) is 18.4 Å².